The van der Waals surface area contributed by atoms with E-state index in [0.29, 0.717) is 24.0 Å². The van der Waals surface area contributed by atoms with E-state index in [1.54, 1.807) is 23.2 Å². The lowest BCUT2D eigenvalue weighted by Gasteiger charge is -2.32. The quantitative estimate of drug-likeness (QED) is 0.414. The molecule has 170 valence electrons. The van der Waals surface area contributed by atoms with Crippen LogP contribution in [-0.4, -0.2) is 34.2 Å². The van der Waals surface area contributed by atoms with Gasteiger partial charge >= 0.3 is 0 Å². The maximum absolute atomic E-state index is 13.3. The van der Waals surface area contributed by atoms with Crippen molar-refractivity contribution in [3.05, 3.63) is 106 Å². The van der Waals surface area contributed by atoms with Gasteiger partial charge in [-0.05, 0) is 36.1 Å². The number of nitrogens with zero attached hydrogens (tertiary/aromatic N) is 2. The van der Waals surface area contributed by atoms with Gasteiger partial charge in [-0.2, -0.15) is 0 Å². The Morgan fingerprint density at radius 1 is 0.853 bits per heavy atom. The molecule has 1 aliphatic rings. The zero-order chi connectivity index (χ0) is 23.7. The lowest BCUT2D eigenvalue weighted by atomic mass is 9.89. The first kappa shape index (κ1) is 21.8. The summed E-state index contributed by atoms with van der Waals surface area (Å²) in [4.78, 5) is 41.3. The predicted molar refractivity (Wildman–Crippen MR) is 134 cm³/mol. The number of piperidine rings is 1. The van der Waals surface area contributed by atoms with Gasteiger partial charge in [-0.25, -0.2) is 0 Å². The van der Waals surface area contributed by atoms with Crippen molar-refractivity contribution < 1.29 is 9.59 Å². The highest BCUT2D eigenvalue weighted by atomic mass is 16.2. The van der Waals surface area contributed by atoms with Crippen molar-refractivity contribution in [2.45, 2.75) is 12.8 Å². The highest BCUT2D eigenvalue weighted by Gasteiger charge is 2.30. The number of carbonyl (C=O) groups is 2. The number of benzene rings is 3. The molecule has 0 N–H and O–H groups in total. The van der Waals surface area contributed by atoms with Crippen molar-refractivity contribution in [3.63, 3.8) is 0 Å². The monoisotopic (exact) mass is 450 g/mol. The van der Waals surface area contributed by atoms with Gasteiger partial charge in [0.15, 0.2) is 5.78 Å². The molecule has 1 unspecified atom stereocenters. The standard InChI is InChI=1S/C29H26N2O3/c1-30-19-25(28(33)24-11-5-6-12-26(24)30)29(34)31-17-7-10-23(18-31)27(32)22-15-13-21(14-16-22)20-8-3-2-4-9-20/h2-6,8-9,11-16,19,23H,7,10,17-18H2,1H3. The SMILES string of the molecule is Cn1cc(C(=O)N2CCCC(C(=O)c3ccc(-c4ccccc4)cc3)C2)c(=O)c2ccccc21. The van der Waals surface area contributed by atoms with Crippen molar-refractivity contribution in [2.75, 3.05) is 13.1 Å². The Kier molecular flexibility index (Phi) is 5.84. The maximum atomic E-state index is 13.3. The number of fused-ring (bicyclic) bond motifs is 1. The molecule has 1 fully saturated rings. The average Bonchev–Trinajstić information content (AvgIpc) is 2.90. The molecule has 5 nitrogen and oxygen atoms in total. The number of ketones is 1. The third-order valence-electron chi connectivity index (χ3n) is 6.68. The largest absolute Gasteiger partial charge is 0.350 e. The van der Waals surface area contributed by atoms with E-state index in [1.807, 2.05) is 78.3 Å². The summed E-state index contributed by atoms with van der Waals surface area (Å²) in [7, 11) is 1.83. The van der Waals surface area contributed by atoms with E-state index in [2.05, 4.69) is 0 Å². The molecule has 5 heteroatoms. The fourth-order valence-electron chi connectivity index (χ4n) is 4.83. The first-order chi connectivity index (χ1) is 16.5. The minimum absolute atomic E-state index is 0.0449. The molecule has 0 radical (unpaired) electrons. The van der Waals surface area contributed by atoms with Crippen LogP contribution >= 0.6 is 0 Å². The number of aryl methyl sites for hydroxylation is 1. The molecule has 1 amide bonds. The van der Waals surface area contributed by atoms with E-state index < -0.39 is 0 Å². The number of amides is 1. The van der Waals surface area contributed by atoms with Crippen LogP contribution in [0.1, 0.15) is 33.6 Å². The van der Waals surface area contributed by atoms with Crippen molar-refractivity contribution >= 4 is 22.6 Å². The summed E-state index contributed by atoms with van der Waals surface area (Å²) in [6.07, 6.45) is 3.08. The van der Waals surface area contributed by atoms with Gasteiger partial charge in [0.05, 0.1) is 5.52 Å². The minimum Gasteiger partial charge on any atom is -0.350 e. The van der Waals surface area contributed by atoms with Gasteiger partial charge in [-0.1, -0.05) is 66.7 Å². The van der Waals surface area contributed by atoms with Crippen molar-refractivity contribution in [1.82, 2.24) is 9.47 Å². The van der Waals surface area contributed by atoms with Crippen molar-refractivity contribution in [1.29, 1.82) is 0 Å². The average molecular weight is 451 g/mol. The van der Waals surface area contributed by atoms with Crippen LogP contribution < -0.4 is 5.43 Å². The lowest BCUT2D eigenvalue weighted by molar-refractivity contribution is 0.0635. The number of Topliss-reactive ketones (excluding diaryl/α,β-unsaturated/α-hetero) is 1. The Labute approximate surface area is 198 Å². The molecular formula is C29H26N2O3. The Hall–Kier alpha value is -3.99. The van der Waals surface area contributed by atoms with Gasteiger partial charge in [0.1, 0.15) is 5.56 Å². The van der Waals surface area contributed by atoms with E-state index >= 15 is 0 Å². The highest BCUT2D eigenvalue weighted by molar-refractivity contribution is 6.00. The molecule has 1 saturated heterocycles. The Morgan fingerprint density at radius 3 is 2.29 bits per heavy atom. The Bertz CT molecular complexity index is 1420. The molecule has 0 bridgehead atoms. The van der Waals surface area contributed by atoms with Crippen molar-refractivity contribution in [3.8, 4) is 11.1 Å². The molecule has 2 heterocycles. The summed E-state index contributed by atoms with van der Waals surface area (Å²) in [6.45, 7) is 0.875. The Balaban J connectivity index is 1.35. The number of pyridine rings is 1. The second-order valence-corrected chi connectivity index (χ2v) is 8.90. The van der Waals surface area contributed by atoms with Gasteiger partial charge < -0.3 is 9.47 Å². The topological polar surface area (TPSA) is 59.4 Å². The summed E-state index contributed by atoms with van der Waals surface area (Å²) in [5.74, 6) is -0.531. The smallest absolute Gasteiger partial charge is 0.259 e. The zero-order valence-corrected chi connectivity index (χ0v) is 19.1. The number of likely N-dealkylation sites (tertiary alicyclic amines) is 1. The van der Waals surface area contributed by atoms with Crippen LogP contribution in [0.4, 0.5) is 0 Å². The predicted octanol–water partition coefficient (Wildman–Crippen LogP) is 4.94. The van der Waals surface area contributed by atoms with Crippen LogP contribution in [0.15, 0.2) is 89.9 Å². The van der Waals surface area contributed by atoms with Crippen LogP contribution in [-0.2, 0) is 7.05 Å². The van der Waals surface area contributed by atoms with Crippen LogP contribution in [0.3, 0.4) is 0 Å². The highest BCUT2D eigenvalue weighted by Crippen LogP contribution is 2.25. The zero-order valence-electron chi connectivity index (χ0n) is 19.1. The van der Waals surface area contributed by atoms with Gasteiger partial charge in [-0.3, -0.25) is 14.4 Å². The van der Waals surface area contributed by atoms with E-state index in [-0.39, 0.29) is 28.6 Å². The number of hydrogen-bond acceptors (Lipinski definition) is 3. The molecule has 0 saturated carbocycles. The number of carbonyl (C=O) groups excluding carboxylic acids is 2. The molecule has 5 rings (SSSR count). The van der Waals surface area contributed by atoms with Gasteiger partial charge in [-0.15, -0.1) is 0 Å². The van der Waals surface area contributed by atoms with E-state index in [4.69, 9.17) is 0 Å². The van der Waals surface area contributed by atoms with Crippen LogP contribution in [0.5, 0.6) is 0 Å². The fourth-order valence-corrected chi connectivity index (χ4v) is 4.83. The number of rotatable bonds is 4. The number of hydrogen-bond donors (Lipinski definition) is 0. The molecule has 0 spiro atoms. The Morgan fingerprint density at radius 2 is 1.53 bits per heavy atom. The molecule has 1 aliphatic heterocycles. The van der Waals surface area contributed by atoms with Gasteiger partial charge in [0.25, 0.3) is 5.91 Å². The molecule has 34 heavy (non-hydrogen) atoms. The van der Waals surface area contributed by atoms with Crippen LogP contribution in [0.25, 0.3) is 22.0 Å². The fraction of sp³-hybridized carbons (Fsp3) is 0.207. The summed E-state index contributed by atoms with van der Waals surface area (Å²) in [5.41, 5.74) is 3.50. The number of aromatic nitrogens is 1. The van der Waals surface area contributed by atoms with Gasteiger partial charge in [0, 0.05) is 43.2 Å². The molecule has 4 aromatic rings. The lowest BCUT2D eigenvalue weighted by Crippen LogP contribution is -2.43. The second kappa shape index (κ2) is 9.10. The third kappa shape index (κ3) is 4.05. The molecule has 3 aromatic carbocycles. The summed E-state index contributed by atoms with van der Waals surface area (Å²) >= 11 is 0. The van der Waals surface area contributed by atoms with E-state index in [1.165, 1.54) is 0 Å². The third-order valence-corrected chi connectivity index (χ3v) is 6.68. The molecular weight excluding hydrogens is 424 g/mol. The van der Waals surface area contributed by atoms with Gasteiger partial charge in [0.2, 0.25) is 5.43 Å². The first-order valence-electron chi connectivity index (χ1n) is 11.6. The normalized spacial score (nSPS) is 15.9. The number of para-hydroxylation sites is 1. The summed E-state index contributed by atoms with van der Waals surface area (Å²) < 4.78 is 1.81. The minimum atomic E-state index is -0.303. The van der Waals surface area contributed by atoms with Crippen LogP contribution in [0, 0.1) is 5.92 Å². The maximum Gasteiger partial charge on any atom is 0.259 e. The summed E-state index contributed by atoms with van der Waals surface area (Å²) in [5, 5.41) is 0.527. The molecule has 1 aromatic heterocycles. The second-order valence-electron chi connectivity index (χ2n) is 8.90. The van der Waals surface area contributed by atoms with Crippen molar-refractivity contribution in [2.24, 2.45) is 13.0 Å². The summed E-state index contributed by atoms with van der Waals surface area (Å²) in [6, 6.07) is 25.0. The van der Waals surface area contributed by atoms with E-state index in [9.17, 15) is 14.4 Å². The molecule has 0 aliphatic carbocycles. The first-order valence-corrected chi connectivity index (χ1v) is 11.6. The van der Waals surface area contributed by atoms with E-state index in [0.717, 1.165) is 29.5 Å². The molecule has 1 atom stereocenters. The van der Waals surface area contributed by atoms with Crippen LogP contribution in [0.2, 0.25) is 0 Å².